The summed E-state index contributed by atoms with van der Waals surface area (Å²) in [5, 5.41) is 13.6. The maximum atomic E-state index is 12.8. The first-order valence-corrected chi connectivity index (χ1v) is 7.82. The molecule has 1 atom stereocenters. The van der Waals surface area contributed by atoms with Gasteiger partial charge in [-0.1, -0.05) is 0 Å². The Morgan fingerprint density at radius 2 is 1.88 bits per heavy atom. The van der Waals surface area contributed by atoms with Crippen LogP contribution in [-0.4, -0.2) is 56.6 Å². The van der Waals surface area contributed by atoms with Crippen LogP contribution in [-0.2, 0) is 0 Å². The number of halogens is 3. The minimum absolute atomic E-state index is 0.114. The fourth-order valence-electron chi connectivity index (χ4n) is 3.01. The van der Waals surface area contributed by atoms with Crippen molar-refractivity contribution >= 4 is 0 Å². The number of hydrogen-bond donors (Lipinski definition) is 2. The SMILES string of the molecule is COc1cc(O)c([C@H](CCC(F)(F)F)N2CCNCC2)c(OC)c1. The molecule has 0 bridgehead atoms. The zero-order chi connectivity index (χ0) is 17.7. The summed E-state index contributed by atoms with van der Waals surface area (Å²) in [6.07, 6.45) is -5.31. The van der Waals surface area contributed by atoms with Crippen LogP contribution >= 0.6 is 0 Å². The Bertz CT molecular complexity index is 546. The highest BCUT2D eigenvalue weighted by molar-refractivity contribution is 5.51. The van der Waals surface area contributed by atoms with Gasteiger partial charge in [-0.05, 0) is 6.42 Å². The van der Waals surface area contributed by atoms with Gasteiger partial charge in [0.05, 0.1) is 19.8 Å². The molecule has 5 nitrogen and oxygen atoms in total. The summed E-state index contributed by atoms with van der Waals surface area (Å²) in [6, 6.07) is 2.41. The van der Waals surface area contributed by atoms with E-state index in [2.05, 4.69) is 5.32 Å². The van der Waals surface area contributed by atoms with Crippen LogP contribution < -0.4 is 14.8 Å². The molecule has 1 fully saturated rings. The van der Waals surface area contributed by atoms with E-state index >= 15 is 0 Å². The molecule has 1 aromatic carbocycles. The Labute approximate surface area is 139 Å². The predicted octanol–water partition coefficient (Wildman–Crippen LogP) is 2.70. The van der Waals surface area contributed by atoms with Gasteiger partial charge in [0.2, 0.25) is 0 Å². The number of phenols is 1. The molecule has 0 aromatic heterocycles. The van der Waals surface area contributed by atoms with Gasteiger partial charge in [-0.2, -0.15) is 13.2 Å². The van der Waals surface area contributed by atoms with E-state index in [1.54, 1.807) is 6.07 Å². The molecule has 0 aliphatic carbocycles. The molecule has 1 aliphatic heterocycles. The van der Waals surface area contributed by atoms with Gasteiger partial charge >= 0.3 is 6.18 Å². The number of phenolic OH excluding ortho intramolecular Hbond substituents is 1. The lowest BCUT2D eigenvalue weighted by atomic mass is 9.97. The van der Waals surface area contributed by atoms with Crippen LogP contribution in [0.4, 0.5) is 13.2 Å². The van der Waals surface area contributed by atoms with Gasteiger partial charge in [-0.15, -0.1) is 0 Å². The van der Waals surface area contributed by atoms with Crippen molar-refractivity contribution in [3.8, 4) is 17.2 Å². The van der Waals surface area contributed by atoms with Crippen LogP contribution in [0, 0.1) is 0 Å². The Kier molecular flexibility index (Phi) is 6.17. The fourth-order valence-corrected chi connectivity index (χ4v) is 3.01. The summed E-state index contributed by atoms with van der Waals surface area (Å²) in [5.41, 5.74) is 0.379. The smallest absolute Gasteiger partial charge is 0.389 e. The van der Waals surface area contributed by atoms with Crippen LogP contribution in [0.3, 0.4) is 0 Å². The summed E-state index contributed by atoms with van der Waals surface area (Å²) in [5.74, 6) is 0.609. The van der Waals surface area contributed by atoms with Gasteiger partial charge in [0.1, 0.15) is 17.2 Å². The van der Waals surface area contributed by atoms with Crippen LogP contribution in [0.5, 0.6) is 17.2 Å². The summed E-state index contributed by atoms with van der Waals surface area (Å²) in [4.78, 5) is 1.95. The average molecular weight is 348 g/mol. The second-order valence-electron chi connectivity index (χ2n) is 5.72. The molecule has 1 heterocycles. The maximum Gasteiger partial charge on any atom is 0.389 e. The van der Waals surface area contributed by atoms with Crippen molar-refractivity contribution in [1.29, 1.82) is 0 Å². The van der Waals surface area contributed by atoms with E-state index in [1.165, 1.54) is 20.3 Å². The van der Waals surface area contributed by atoms with Gasteiger partial charge < -0.3 is 19.9 Å². The first-order valence-electron chi connectivity index (χ1n) is 7.82. The zero-order valence-corrected chi connectivity index (χ0v) is 13.8. The third kappa shape index (κ3) is 4.67. The van der Waals surface area contributed by atoms with Crippen molar-refractivity contribution in [2.75, 3.05) is 40.4 Å². The molecule has 1 aliphatic rings. The van der Waals surface area contributed by atoms with E-state index in [4.69, 9.17) is 9.47 Å². The number of rotatable bonds is 6. The van der Waals surface area contributed by atoms with Crippen molar-refractivity contribution < 1.29 is 27.8 Å². The lowest BCUT2D eigenvalue weighted by molar-refractivity contribution is -0.138. The topological polar surface area (TPSA) is 54.0 Å². The first kappa shape index (κ1) is 18.7. The standard InChI is InChI=1S/C16H23F3N2O3/c1-23-11-9-13(22)15(14(10-11)24-2)12(3-4-16(17,18)19)21-7-5-20-6-8-21/h9-10,12,20,22H,3-8H2,1-2H3/t12-/m0/s1. The second kappa shape index (κ2) is 7.94. The van der Waals surface area contributed by atoms with E-state index in [9.17, 15) is 18.3 Å². The number of methoxy groups -OCH3 is 2. The molecule has 8 heteroatoms. The molecule has 0 saturated carbocycles. The van der Waals surface area contributed by atoms with E-state index in [-0.39, 0.29) is 12.2 Å². The summed E-state index contributed by atoms with van der Waals surface area (Å²) in [7, 11) is 2.88. The number of aromatic hydroxyl groups is 1. The Balaban J connectivity index is 2.37. The Hall–Kier alpha value is -1.67. The number of nitrogens with one attached hydrogen (secondary N) is 1. The molecule has 0 unspecified atom stereocenters. The molecule has 1 aromatic rings. The van der Waals surface area contributed by atoms with Crippen LogP contribution in [0.1, 0.15) is 24.4 Å². The van der Waals surface area contributed by atoms with Gasteiger partial charge in [-0.3, -0.25) is 4.90 Å². The lowest BCUT2D eigenvalue weighted by Gasteiger charge is -2.36. The third-order valence-electron chi connectivity index (χ3n) is 4.18. The maximum absolute atomic E-state index is 12.8. The minimum atomic E-state index is -4.25. The minimum Gasteiger partial charge on any atom is -0.507 e. The molecule has 0 spiro atoms. The second-order valence-corrected chi connectivity index (χ2v) is 5.72. The molecule has 24 heavy (non-hydrogen) atoms. The largest absolute Gasteiger partial charge is 0.507 e. The molecule has 0 amide bonds. The quantitative estimate of drug-likeness (QED) is 0.828. The zero-order valence-electron chi connectivity index (χ0n) is 13.8. The van der Waals surface area contributed by atoms with Crippen LogP contribution in [0.2, 0.25) is 0 Å². The normalized spacial score (nSPS) is 17.5. The molecular formula is C16H23F3N2O3. The van der Waals surface area contributed by atoms with Gasteiger partial charge in [0.15, 0.2) is 0 Å². The average Bonchev–Trinajstić information content (AvgIpc) is 2.55. The molecule has 136 valence electrons. The van der Waals surface area contributed by atoms with Gasteiger partial charge in [-0.25, -0.2) is 0 Å². The molecule has 2 N–H and O–H groups in total. The summed E-state index contributed by atoms with van der Waals surface area (Å²) < 4.78 is 48.7. The highest BCUT2D eigenvalue weighted by Crippen LogP contribution is 2.43. The fraction of sp³-hybridized carbons (Fsp3) is 0.625. The monoisotopic (exact) mass is 348 g/mol. The Morgan fingerprint density at radius 3 is 2.42 bits per heavy atom. The number of piperazine rings is 1. The van der Waals surface area contributed by atoms with E-state index in [1.807, 2.05) is 4.90 Å². The number of benzene rings is 1. The highest BCUT2D eigenvalue weighted by Gasteiger charge is 2.34. The summed E-state index contributed by atoms with van der Waals surface area (Å²) >= 11 is 0. The number of ether oxygens (including phenoxy) is 2. The van der Waals surface area contributed by atoms with Gasteiger partial charge in [0.25, 0.3) is 0 Å². The summed E-state index contributed by atoms with van der Waals surface area (Å²) in [6.45, 7) is 2.61. The van der Waals surface area contributed by atoms with Crippen LogP contribution in [0.15, 0.2) is 12.1 Å². The van der Waals surface area contributed by atoms with Crippen molar-refractivity contribution in [1.82, 2.24) is 10.2 Å². The lowest BCUT2D eigenvalue weighted by Crippen LogP contribution is -2.45. The number of hydrogen-bond acceptors (Lipinski definition) is 5. The number of nitrogens with zero attached hydrogens (tertiary/aromatic N) is 1. The van der Waals surface area contributed by atoms with Crippen molar-refractivity contribution in [3.63, 3.8) is 0 Å². The van der Waals surface area contributed by atoms with Crippen molar-refractivity contribution in [2.24, 2.45) is 0 Å². The Morgan fingerprint density at radius 1 is 1.21 bits per heavy atom. The molecular weight excluding hydrogens is 325 g/mol. The van der Waals surface area contributed by atoms with Crippen molar-refractivity contribution in [3.05, 3.63) is 17.7 Å². The molecule has 2 rings (SSSR count). The highest BCUT2D eigenvalue weighted by atomic mass is 19.4. The predicted molar refractivity (Wildman–Crippen MR) is 83.7 cm³/mol. The van der Waals surface area contributed by atoms with Crippen molar-refractivity contribution in [2.45, 2.75) is 25.1 Å². The number of alkyl halides is 3. The van der Waals surface area contributed by atoms with E-state index in [0.29, 0.717) is 43.2 Å². The van der Waals surface area contributed by atoms with Gasteiger partial charge in [0, 0.05) is 50.8 Å². The van der Waals surface area contributed by atoms with E-state index < -0.39 is 18.6 Å². The third-order valence-corrected chi connectivity index (χ3v) is 4.18. The van der Waals surface area contributed by atoms with E-state index in [0.717, 1.165) is 0 Å². The van der Waals surface area contributed by atoms with Crippen LogP contribution in [0.25, 0.3) is 0 Å². The molecule has 0 radical (unpaired) electrons. The first-order chi connectivity index (χ1) is 11.4. The molecule has 1 saturated heterocycles.